The Balaban J connectivity index is 1.86. The second-order valence-corrected chi connectivity index (χ2v) is 5.19. The third-order valence-corrected chi connectivity index (χ3v) is 3.50. The molecule has 0 spiro atoms. The summed E-state index contributed by atoms with van der Waals surface area (Å²) in [4.78, 5) is 5.15. The van der Waals surface area contributed by atoms with Gasteiger partial charge in [-0.3, -0.25) is 0 Å². The Labute approximate surface area is 127 Å². The Morgan fingerprint density at radius 3 is 2.50 bits per heavy atom. The van der Waals surface area contributed by atoms with Crippen molar-refractivity contribution >= 4 is 45.4 Å². The van der Waals surface area contributed by atoms with Crippen LogP contribution in [0.3, 0.4) is 0 Å². The average Bonchev–Trinajstić information content (AvgIpc) is 2.49. The lowest BCUT2D eigenvalue weighted by Gasteiger charge is -2.08. The summed E-state index contributed by atoms with van der Waals surface area (Å²) >= 11 is 11.2. The lowest BCUT2D eigenvalue weighted by atomic mass is 10.2. The zero-order valence-electron chi connectivity index (χ0n) is 10.5. The van der Waals surface area contributed by atoms with E-state index < -0.39 is 0 Å². The number of thiocarbonyl (C=S) groups is 1. The van der Waals surface area contributed by atoms with Gasteiger partial charge in [-0.25, -0.2) is 4.98 Å². The van der Waals surface area contributed by atoms with E-state index in [0.29, 0.717) is 10.0 Å². The van der Waals surface area contributed by atoms with Gasteiger partial charge in [0.15, 0.2) is 0 Å². The monoisotopic (exact) mass is 298 g/mol. The van der Waals surface area contributed by atoms with E-state index in [-0.39, 0.29) is 0 Å². The normalized spacial score (nSPS) is 10.4. The highest BCUT2D eigenvalue weighted by molar-refractivity contribution is 7.81. The molecule has 1 heterocycles. The van der Waals surface area contributed by atoms with E-state index in [1.807, 2.05) is 60.7 Å². The van der Waals surface area contributed by atoms with Gasteiger partial charge in [0.25, 0.3) is 0 Å². The Bertz CT molecular complexity index is 769. The first-order valence-electron chi connectivity index (χ1n) is 6.15. The predicted molar refractivity (Wildman–Crippen MR) is 88.5 cm³/mol. The minimum atomic E-state index is 0.595. The molecule has 0 saturated heterocycles. The average molecular weight is 299 g/mol. The van der Waals surface area contributed by atoms with Crippen LogP contribution in [0, 0.1) is 0 Å². The van der Waals surface area contributed by atoms with Crippen LogP contribution >= 0.6 is 23.8 Å². The first-order valence-corrected chi connectivity index (χ1v) is 6.94. The van der Waals surface area contributed by atoms with Gasteiger partial charge in [0.05, 0.1) is 11.2 Å². The third-order valence-electron chi connectivity index (χ3n) is 2.93. The largest absolute Gasteiger partial charge is 0.345 e. The summed E-state index contributed by atoms with van der Waals surface area (Å²) in [7, 11) is 0. The molecule has 2 aromatic carbocycles. The molecular weight excluding hydrogens is 288 g/mol. The number of anilines is 1. The molecule has 0 radical (unpaired) electrons. The quantitative estimate of drug-likeness (QED) is 0.696. The van der Waals surface area contributed by atoms with Crippen molar-refractivity contribution in [2.24, 2.45) is 0 Å². The summed E-state index contributed by atoms with van der Waals surface area (Å²) in [6.45, 7) is 0. The van der Waals surface area contributed by atoms with Crippen LogP contribution in [0.25, 0.3) is 10.9 Å². The summed E-state index contributed by atoms with van der Waals surface area (Å²) in [6, 6.07) is 19.3. The number of aromatic nitrogens is 1. The molecule has 0 saturated carbocycles. The Morgan fingerprint density at radius 2 is 1.70 bits per heavy atom. The highest BCUT2D eigenvalue weighted by atomic mass is 35.5. The van der Waals surface area contributed by atoms with Gasteiger partial charge in [0.1, 0.15) is 4.99 Å². The number of rotatable bonds is 2. The molecule has 0 unspecified atom stereocenters. The van der Waals surface area contributed by atoms with Crippen molar-refractivity contribution in [3.63, 3.8) is 0 Å². The molecule has 1 N–H and O–H groups in total. The van der Waals surface area contributed by atoms with Crippen molar-refractivity contribution in [2.75, 3.05) is 5.32 Å². The number of nitrogens with one attached hydrogen (secondary N) is 1. The van der Waals surface area contributed by atoms with Gasteiger partial charge in [-0.1, -0.05) is 48.1 Å². The SMILES string of the molecule is S=C(Nc1ccc(Cl)cc1)c1ccc2ccccc2n1. The molecule has 1 aromatic heterocycles. The van der Waals surface area contributed by atoms with E-state index in [1.165, 1.54) is 0 Å². The van der Waals surface area contributed by atoms with Gasteiger partial charge in [-0.15, -0.1) is 0 Å². The van der Waals surface area contributed by atoms with Gasteiger partial charge >= 0.3 is 0 Å². The highest BCUT2D eigenvalue weighted by Gasteiger charge is 2.04. The van der Waals surface area contributed by atoms with Crippen molar-refractivity contribution in [1.29, 1.82) is 0 Å². The Morgan fingerprint density at radius 1 is 0.950 bits per heavy atom. The minimum absolute atomic E-state index is 0.595. The lowest BCUT2D eigenvalue weighted by Crippen LogP contribution is -2.12. The molecule has 0 fully saturated rings. The molecule has 2 nitrogen and oxygen atoms in total. The van der Waals surface area contributed by atoms with Gasteiger partial charge in [-0.05, 0) is 36.4 Å². The van der Waals surface area contributed by atoms with Crippen molar-refractivity contribution < 1.29 is 0 Å². The fraction of sp³-hybridized carbons (Fsp3) is 0. The van der Waals surface area contributed by atoms with Crippen LogP contribution < -0.4 is 5.32 Å². The fourth-order valence-corrected chi connectivity index (χ4v) is 2.28. The van der Waals surface area contributed by atoms with E-state index in [0.717, 1.165) is 22.3 Å². The minimum Gasteiger partial charge on any atom is -0.345 e. The van der Waals surface area contributed by atoms with Gasteiger partial charge < -0.3 is 5.32 Å². The smallest absolute Gasteiger partial charge is 0.129 e. The zero-order valence-corrected chi connectivity index (χ0v) is 12.1. The Hall–Kier alpha value is -1.97. The summed E-state index contributed by atoms with van der Waals surface area (Å²) in [5.41, 5.74) is 2.59. The number of nitrogens with zero attached hydrogens (tertiary/aromatic N) is 1. The van der Waals surface area contributed by atoms with Gasteiger partial charge in [-0.2, -0.15) is 0 Å². The first kappa shape index (κ1) is 13.0. The first-order chi connectivity index (χ1) is 9.72. The maximum Gasteiger partial charge on any atom is 0.129 e. The molecule has 3 rings (SSSR count). The van der Waals surface area contributed by atoms with Crippen LogP contribution in [-0.4, -0.2) is 9.97 Å². The maximum absolute atomic E-state index is 5.86. The van der Waals surface area contributed by atoms with Crippen LogP contribution in [0.2, 0.25) is 5.02 Å². The third kappa shape index (κ3) is 2.79. The zero-order chi connectivity index (χ0) is 13.9. The maximum atomic E-state index is 5.86. The number of pyridine rings is 1. The summed E-state index contributed by atoms with van der Waals surface area (Å²) in [5.74, 6) is 0. The van der Waals surface area contributed by atoms with Crippen LogP contribution in [0.15, 0.2) is 60.7 Å². The molecule has 20 heavy (non-hydrogen) atoms. The van der Waals surface area contributed by atoms with E-state index in [9.17, 15) is 0 Å². The van der Waals surface area contributed by atoms with Crippen molar-refractivity contribution in [3.05, 3.63) is 71.4 Å². The molecule has 0 atom stereocenters. The number of fused-ring (bicyclic) bond motifs is 1. The molecule has 3 aromatic rings. The van der Waals surface area contributed by atoms with Gasteiger partial charge in [0.2, 0.25) is 0 Å². The molecular formula is C16H11ClN2S. The fourth-order valence-electron chi connectivity index (χ4n) is 1.92. The standard InChI is InChI=1S/C16H11ClN2S/c17-12-6-8-13(9-7-12)18-16(20)15-10-5-11-3-1-2-4-14(11)19-15/h1-10H,(H,18,20). The van der Waals surface area contributed by atoms with Crippen LogP contribution in [0.1, 0.15) is 5.69 Å². The summed E-state index contributed by atoms with van der Waals surface area (Å²) in [6.07, 6.45) is 0. The number of hydrogen-bond acceptors (Lipinski definition) is 2. The van der Waals surface area contributed by atoms with Crippen molar-refractivity contribution in [2.45, 2.75) is 0 Å². The molecule has 98 valence electrons. The molecule has 0 amide bonds. The van der Waals surface area contributed by atoms with E-state index in [4.69, 9.17) is 23.8 Å². The predicted octanol–water partition coefficient (Wildman–Crippen LogP) is 4.68. The molecule has 0 bridgehead atoms. The lowest BCUT2D eigenvalue weighted by molar-refractivity contribution is 1.37. The number of para-hydroxylation sites is 1. The second kappa shape index (κ2) is 5.57. The molecule has 0 aliphatic heterocycles. The van der Waals surface area contributed by atoms with Crippen LogP contribution in [0.5, 0.6) is 0 Å². The number of halogens is 1. The molecule has 0 aliphatic rings. The van der Waals surface area contributed by atoms with Crippen molar-refractivity contribution in [1.82, 2.24) is 4.98 Å². The van der Waals surface area contributed by atoms with E-state index >= 15 is 0 Å². The Kier molecular flexibility index (Phi) is 3.63. The number of hydrogen-bond donors (Lipinski definition) is 1. The summed E-state index contributed by atoms with van der Waals surface area (Å²) < 4.78 is 0. The van der Waals surface area contributed by atoms with E-state index in [1.54, 1.807) is 0 Å². The van der Waals surface area contributed by atoms with Gasteiger partial charge in [0, 0.05) is 16.1 Å². The molecule has 0 aliphatic carbocycles. The van der Waals surface area contributed by atoms with E-state index in [2.05, 4.69) is 10.3 Å². The molecule has 4 heteroatoms. The van der Waals surface area contributed by atoms with Crippen molar-refractivity contribution in [3.8, 4) is 0 Å². The topological polar surface area (TPSA) is 24.9 Å². The highest BCUT2D eigenvalue weighted by Crippen LogP contribution is 2.16. The van der Waals surface area contributed by atoms with Crippen LogP contribution in [-0.2, 0) is 0 Å². The summed E-state index contributed by atoms with van der Waals surface area (Å²) in [5, 5.41) is 4.96. The van der Waals surface area contributed by atoms with Crippen LogP contribution in [0.4, 0.5) is 5.69 Å². The second-order valence-electron chi connectivity index (χ2n) is 4.35. The number of benzene rings is 2.